The molecule has 0 bridgehead atoms. The molecule has 0 aromatic carbocycles. The third-order valence-corrected chi connectivity index (χ3v) is 3.40. The summed E-state index contributed by atoms with van der Waals surface area (Å²) in [7, 11) is 0. The lowest BCUT2D eigenvalue weighted by Gasteiger charge is -2.22. The number of rotatable bonds is 4. The monoisotopic (exact) mass is 247 g/mol. The molecule has 1 atom stereocenters. The zero-order valence-corrected chi connectivity index (χ0v) is 10.5. The van der Waals surface area contributed by atoms with E-state index >= 15 is 0 Å². The summed E-state index contributed by atoms with van der Waals surface area (Å²) in [5.74, 6) is 0.943. The second kappa shape index (κ2) is 4.89. The van der Waals surface area contributed by atoms with Crippen molar-refractivity contribution in [3.05, 3.63) is 30.2 Å². The highest BCUT2D eigenvalue weighted by atomic mass is 16.5. The highest BCUT2D eigenvalue weighted by Gasteiger charge is 2.26. The molecule has 96 valence electrons. The highest BCUT2D eigenvalue weighted by molar-refractivity contribution is 5.03. The molecule has 0 saturated carbocycles. The second-order valence-electron chi connectivity index (χ2n) is 4.82. The number of hydrogen-bond acceptors (Lipinski definition) is 5. The van der Waals surface area contributed by atoms with Crippen molar-refractivity contribution < 1.29 is 4.52 Å². The van der Waals surface area contributed by atoms with Gasteiger partial charge in [0, 0.05) is 12.1 Å². The Bertz CT molecular complexity index is 492. The molecule has 0 aliphatic carbocycles. The molecule has 18 heavy (non-hydrogen) atoms. The van der Waals surface area contributed by atoms with Crippen LogP contribution in [0.4, 0.5) is 0 Å². The van der Waals surface area contributed by atoms with Crippen LogP contribution in [0.3, 0.4) is 0 Å². The quantitative estimate of drug-likeness (QED) is 0.813. The standard InChI is InChI=1S/C12H17N5O/c1-10-5-12(18-15-10)7-16-4-2-3-11(16)6-17-9-13-8-14-17/h5,8-9,11H,2-4,6-7H2,1H3/t11-/m1/s1. The Kier molecular flexibility index (Phi) is 3.10. The largest absolute Gasteiger partial charge is 0.360 e. The Morgan fingerprint density at radius 1 is 1.50 bits per heavy atom. The highest BCUT2D eigenvalue weighted by Crippen LogP contribution is 2.21. The van der Waals surface area contributed by atoms with E-state index in [4.69, 9.17) is 4.52 Å². The van der Waals surface area contributed by atoms with Gasteiger partial charge in [0.1, 0.15) is 12.7 Å². The number of nitrogens with zero attached hydrogens (tertiary/aromatic N) is 5. The van der Waals surface area contributed by atoms with Crippen LogP contribution < -0.4 is 0 Å². The van der Waals surface area contributed by atoms with Gasteiger partial charge in [0.15, 0.2) is 5.76 Å². The number of likely N-dealkylation sites (tertiary alicyclic amines) is 1. The van der Waals surface area contributed by atoms with Crippen molar-refractivity contribution in [1.82, 2.24) is 24.8 Å². The van der Waals surface area contributed by atoms with Gasteiger partial charge < -0.3 is 4.52 Å². The van der Waals surface area contributed by atoms with Crippen LogP contribution in [0.1, 0.15) is 24.3 Å². The van der Waals surface area contributed by atoms with Crippen LogP contribution in [0.25, 0.3) is 0 Å². The first-order valence-electron chi connectivity index (χ1n) is 6.30. The molecule has 6 nitrogen and oxygen atoms in total. The van der Waals surface area contributed by atoms with Crippen molar-refractivity contribution in [2.75, 3.05) is 6.54 Å². The maximum absolute atomic E-state index is 5.28. The molecule has 0 amide bonds. The van der Waals surface area contributed by atoms with Crippen molar-refractivity contribution >= 4 is 0 Å². The number of aryl methyl sites for hydroxylation is 1. The van der Waals surface area contributed by atoms with Crippen molar-refractivity contribution in [2.24, 2.45) is 0 Å². The molecule has 1 fully saturated rings. The summed E-state index contributed by atoms with van der Waals surface area (Å²) in [6.07, 6.45) is 5.79. The molecule has 3 heterocycles. The van der Waals surface area contributed by atoms with Crippen LogP contribution in [0.2, 0.25) is 0 Å². The lowest BCUT2D eigenvalue weighted by Crippen LogP contribution is -2.32. The van der Waals surface area contributed by atoms with E-state index in [1.165, 1.54) is 12.8 Å². The summed E-state index contributed by atoms with van der Waals surface area (Å²) < 4.78 is 7.18. The minimum absolute atomic E-state index is 0.511. The van der Waals surface area contributed by atoms with Crippen molar-refractivity contribution in [1.29, 1.82) is 0 Å². The normalized spacial score (nSPS) is 20.6. The van der Waals surface area contributed by atoms with Gasteiger partial charge in [-0.25, -0.2) is 4.98 Å². The minimum Gasteiger partial charge on any atom is -0.360 e. The zero-order chi connectivity index (χ0) is 12.4. The van der Waals surface area contributed by atoms with Crippen molar-refractivity contribution in [3.63, 3.8) is 0 Å². The lowest BCUT2D eigenvalue weighted by molar-refractivity contribution is 0.195. The Morgan fingerprint density at radius 2 is 2.44 bits per heavy atom. The molecular weight excluding hydrogens is 230 g/mol. The summed E-state index contributed by atoms with van der Waals surface area (Å²) in [6.45, 7) is 4.79. The van der Waals surface area contributed by atoms with E-state index in [1.54, 1.807) is 12.7 Å². The molecule has 1 aliphatic rings. The predicted octanol–water partition coefficient (Wildman–Crippen LogP) is 1.24. The molecule has 6 heteroatoms. The first-order chi connectivity index (χ1) is 8.81. The van der Waals surface area contributed by atoms with Crippen molar-refractivity contribution in [3.8, 4) is 0 Å². The third-order valence-electron chi connectivity index (χ3n) is 3.40. The summed E-state index contributed by atoms with van der Waals surface area (Å²) in [5, 5.41) is 8.10. The summed E-state index contributed by atoms with van der Waals surface area (Å²) >= 11 is 0. The fourth-order valence-corrected chi connectivity index (χ4v) is 2.54. The van der Waals surface area contributed by atoms with E-state index in [0.717, 1.165) is 31.1 Å². The van der Waals surface area contributed by atoms with Gasteiger partial charge in [0.25, 0.3) is 0 Å². The number of aromatic nitrogens is 4. The van der Waals surface area contributed by atoms with Gasteiger partial charge in [-0.1, -0.05) is 5.16 Å². The average Bonchev–Trinajstić information content (AvgIpc) is 3.05. The van der Waals surface area contributed by atoms with Gasteiger partial charge in [0.2, 0.25) is 0 Å². The van der Waals surface area contributed by atoms with Gasteiger partial charge in [-0.2, -0.15) is 5.10 Å². The van der Waals surface area contributed by atoms with Crippen LogP contribution in [0, 0.1) is 6.92 Å². The van der Waals surface area contributed by atoms with Crippen LogP contribution in [-0.4, -0.2) is 37.4 Å². The first kappa shape index (κ1) is 11.4. The van der Waals surface area contributed by atoms with E-state index in [9.17, 15) is 0 Å². The first-order valence-corrected chi connectivity index (χ1v) is 6.30. The Labute approximate surface area is 106 Å². The second-order valence-corrected chi connectivity index (χ2v) is 4.82. The maximum Gasteiger partial charge on any atom is 0.150 e. The summed E-state index contributed by atoms with van der Waals surface area (Å²) in [4.78, 5) is 6.41. The molecule has 0 unspecified atom stereocenters. The molecule has 0 radical (unpaired) electrons. The molecule has 3 rings (SSSR count). The molecule has 2 aromatic heterocycles. The van der Waals surface area contributed by atoms with E-state index in [2.05, 4.69) is 20.1 Å². The Morgan fingerprint density at radius 3 is 3.17 bits per heavy atom. The summed E-state index contributed by atoms with van der Waals surface area (Å²) in [6, 6.07) is 2.52. The fourth-order valence-electron chi connectivity index (χ4n) is 2.54. The van der Waals surface area contributed by atoms with Crippen LogP contribution in [0.5, 0.6) is 0 Å². The molecule has 1 saturated heterocycles. The lowest BCUT2D eigenvalue weighted by atomic mass is 10.2. The van der Waals surface area contributed by atoms with E-state index < -0.39 is 0 Å². The van der Waals surface area contributed by atoms with Gasteiger partial charge in [-0.3, -0.25) is 9.58 Å². The topological polar surface area (TPSA) is 60.0 Å². The summed E-state index contributed by atoms with van der Waals surface area (Å²) in [5.41, 5.74) is 0.942. The van der Waals surface area contributed by atoms with Gasteiger partial charge >= 0.3 is 0 Å². The van der Waals surface area contributed by atoms with Crippen LogP contribution in [-0.2, 0) is 13.1 Å². The SMILES string of the molecule is Cc1cc(CN2CCC[C@@H]2Cn2cncn2)on1. The Balaban J connectivity index is 1.64. The average molecular weight is 247 g/mol. The zero-order valence-electron chi connectivity index (χ0n) is 10.5. The maximum atomic E-state index is 5.28. The van der Waals surface area contributed by atoms with E-state index in [-0.39, 0.29) is 0 Å². The fraction of sp³-hybridized carbons (Fsp3) is 0.583. The van der Waals surface area contributed by atoms with E-state index in [0.29, 0.717) is 6.04 Å². The smallest absolute Gasteiger partial charge is 0.150 e. The number of hydrogen-bond donors (Lipinski definition) is 0. The van der Waals surface area contributed by atoms with Gasteiger partial charge in [-0.15, -0.1) is 0 Å². The predicted molar refractivity (Wildman–Crippen MR) is 64.7 cm³/mol. The van der Waals surface area contributed by atoms with Crippen molar-refractivity contribution in [2.45, 2.75) is 38.9 Å². The molecule has 0 N–H and O–H groups in total. The molecule has 0 spiro atoms. The Hall–Kier alpha value is -1.69. The van der Waals surface area contributed by atoms with Crippen LogP contribution >= 0.6 is 0 Å². The van der Waals surface area contributed by atoms with Crippen LogP contribution in [0.15, 0.2) is 23.2 Å². The minimum atomic E-state index is 0.511. The molecule has 1 aliphatic heterocycles. The van der Waals surface area contributed by atoms with Gasteiger partial charge in [0.05, 0.1) is 18.8 Å². The third kappa shape index (κ3) is 2.43. The molecule has 2 aromatic rings. The molecular formula is C12H17N5O. The van der Waals surface area contributed by atoms with E-state index in [1.807, 2.05) is 17.7 Å². The van der Waals surface area contributed by atoms with Gasteiger partial charge in [-0.05, 0) is 26.3 Å².